The zero-order chi connectivity index (χ0) is 16.7. The number of ether oxygens (including phenoxy) is 4. The van der Waals surface area contributed by atoms with Crippen LogP contribution in [0.25, 0.3) is 0 Å². The number of nitrogens with two attached hydrogens (primary N) is 1. The van der Waals surface area contributed by atoms with Crippen molar-refractivity contribution < 1.29 is 39.1 Å². The Morgan fingerprint density at radius 2 is 2.18 bits per heavy atom. The summed E-state index contributed by atoms with van der Waals surface area (Å²) >= 11 is 0. The van der Waals surface area contributed by atoms with E-state index in [1.807, 2.05) is 0 Å². The molecule has 0 saturated carbocycles. The van der Waals surface area contributed by atoms with Crippen molar-refractivity contribution in [3.8, 4) is 0 Å². The number of Topliss-reactive ketones (excluding diaryl/α,β-unsaturated/α-hetero) is 1. The van der Waals surface area contributed by atoms with Crippen LogP contribution in [0, 0.1) is 0 Å². The third-order valence-corrected chi connectivity index (χ3v) is 3.06. The maximum absolute atomic E-state index is 12.3. The average molecular weight is 322 g/mol. The summed E-state index contributed by atoms with van der Waals surface area (Å²) in [6, 6.07) is 0. The standard InChI is InChI=1S/C13H24NO8/c1-3-19-12(7(2)16)22-11-9(17)8(6-15)21-13(10(11)18)20-5-4-14/h7-9,11-13,16-17H,3-6,14H2,1-2H3/q-1/t7-,8+,9+,11-,12+,13-/m0/s1. The molecule has 1 aliphatic heterocycles. The minimum atomic E-state index is -1.47. The van der Waals surface area contributed by atoms with Gasteiger partial charge in [0.15, 0.2) is 12.4 Å². The summed E-state index contributed by atoms with van der Waals surface area (Å²) in [7, 11) is 0. The van der Waals surface area contributed by atoms with E-state index >= 15 is 0 Å². The fraction of sp³-hybridized carbons (Fsp3) is 0.923. The SMILES string of the molecule is CCO[C@H](O[C@@H]1C(=O)[C@@H](OCCN)O[C@H](C[O-])[C@H]1O)[C@H](C)O. The van der Waals surface area contributed by atoms with Crippen LogP contribution in [-0.2, 0) is 23.7 Å². The van der Waals surface area contributed by atoms with Crippen LogP contribution in [0.3, 0.4) is 0 Å². The zero-order valence-electron chi connectivity index (χ0n) is 12.7. The Kier molecular flexibility index (Phi) is 8.36. The van der Waals surface area contributed by atoms with Crippen molar-refractivity contribution in [2.45, 2.75) is 50.8 Å². The van der Waals surface area contributed by atoms with Crippen LogP contribution in [0.4, 0.5) is 0 Å². The molecule has 1 aliphatic rings. The molecule has 1 rings (SSSR count). The lowest BCUT2D eigenvalue weighted by molar-refractivity contribution is -0.404. The minimum Gasteiger partial charge on any atom is -0.853 e. The number of hydrogen-bond acceptors (Lipinski definition) is 9. The molecule has 9 nitrogen and oxygen atoms in total. The maximum Gasteiger partial charge on any atom is 0.221 e. The van der Waals surface area contributed by atoms with E-state index in [9.17, 15) is 20.1 Å². The highest BCUT2D eigenvalue weighted by Crippen LogP contribution is 2.22. The predicted octanol–water partition coefficient (Wildman–Crippen LogP) is -2.89. The van der Waals surface area contributed by atoms with E-state index in [1.165, 1.54) is 6.92 Å². The molecule has 22 heavy (non-hydrogen) atoms. The predicted molar refractivity (Wildman–Crippen MR) is 71.5 cm³/mol. The second kappa shape index (κ2) is 9.48. The van der Waals surface area contributed by atoms with Gasteiger partial charge in [0.05, 0.1) is 12.7 Å². The first-order chi connectivity index (χ1) is 10.5. The van der Waals surface area contributed by atoms with E-state index in [-0.39, 0.29) is 19.8 Å². The molecule has 130 valence electrons. The summed E-state index contributed by atoms with van der Waals surface area (Å²) in [4.78, 5) is 12.3. The molecule has 1 heterocycles. The second-order valence-electron chi connectivity index (χ2n) is 4.85. The average Bonchev–Trinajstić information content (AvgIpc) is 2.49. The van der Waals surface area contributed by atoms with Gasteiger partial charge in [0, 0.05) is 13.2 Å². The lowest BCUT2D eigenvalue weighted by Gasteiger charge is -2.40. The van der Waals surface area contributed by atoms with Crippen molar-refractivity contribution in [3.05, 3.63) is 0 Å². The number of rotatable bonds is 9. The Morgan fingerprint density at radius 3 is 2.68 bits per heavy atom. The van der Waals surface area contributed by atoms with Gasteiger partial charge in [-0.15, -0.1) is 6.61 Å². The second-order valence-corrected chi connectivity index (χ2v) is 4.85. The smallest absolute Gasteiger partial charge is 0.221 e. The highest BCUT2D eigenvalue weighted by Gasteiger charge is 2.45. The van der Waals surface area contributed by atoms with Crippen molar-refractivity contribution in [1.29, 1.82) is 0 Å². The van der Waals surface area contributed by atoms with E-state index in [2.05, 4.69) is 0 Å². The molecule has 0 aromatic heterocycles. The van der Waals surface area contributed by atoms with Crippen LogP contribution in [0.15, 0.2) is 0 Å². The highest BCUT2D eigenvalue weighted by molar-refractivity contribution is 5.87. The van der Waals surface area contributed by atoms with Crippen molar-refractivity contribution in [3.63, 3.8) is 0 Å². The van der Waals surface area contributed by atoms with Crippen LogP contribution in [0.1, 0.15) is 13.8 Å². The summed E-state index contributed by atoms with van der Waals surface area (Å²) in [5, 5.41) is 30.7. The van der Waals surface area contributed by atoms with Gasteiger partial charge in [-0.05, 0) is 13.8 Å². The molecule has 0 aliphatic carbocycles. The van der Waals surface area contributed by atoms with Gasteiger partial charge in [0.2, 0.25) is 12.1 Å². The van der Waals surface area contributed by atoms with Crippen molar-refractivity contribution in [1.82, 2.24) is 0 Å². The summed E-state index contributed by atoms with van der Waals surface area (Å²) in [5.74, 6) is -0.684. The largest absolute Gasteiger partial charge is 0.853 e. The molecule has 0 bridgehead atoms. The number of carbonyl (C=O) groups is 1. The Labute approximate surface area is 128 Å². The van der Waals surface area contributed by atoms with Crippen LogP contribution in [0.2, 0.25) is 0 Å². The van der Waals surface area contributed by atoms with Crippen molar-refractivity contribution in [2.24, 2.45) is 5.73 Å². The first kappa shape index (κ1) is 19.4. The highest BCUT2D eigenvalue weighted by atomic mass is 16.7. The third kappa shape index (κ3) is 4.93. The maximum atomic E-state index is 12.3. The number of hydrogen-bond donors (Lipinski definition) is 3. The van der Waals surface area contributed by atoms with E-state index in [0.29, 0.717) is 0 Å². The Balaban J connectivity index is 2.84. The number of aliphatic hydroxyl groups is 2. The van der Waals surface area contributed by atoms with Gasteiger partial charge in [-0.25, -0.2) is 0 Å². The van der Waals surface area contributed by atoms with Gasteiger partial charge in [-0.2, -0.15) is 0 Å². The van der Waals surface area contributed by atoms with E-state index in [0.717, 1.165) is 0 Å². The van der Waals surface area contributed by atoms with Crippen LogP contribution in [-0.4, -0.2) is 79.4 Å². The molecule has 0 amide bonds. The van der Waals surface area contributed by atoms with Gasteiger partial charge in [-0.3, -0.25) is 4.79 Å². The number of ketones is 1. The van der Waals surface area contributed by atoms with Gasteiger partial charge in [-0.1, -0.05) is 0 Å². The molecular formula is C13H24NO8-. The fourth-order valence-corrected chi connectivity index (χ4v) is 1.99. The minimum absolute atomic E-state index is 0.0517. The summed E-state index contributed by atoms with van der Waals surface area (Å²) in [6.07, 6.45) is -7.51. The third-order valence-electron chi connectivity index (χ3n) is 3.06. The number of carbonyl (C=O) groups excluding carboxylic acids is 1. The van der Waals surface area contributed by atoms with E-state index in [1.54, 1.807) is 6.92 Å². The summed E-state index contributed by atoms with van der Waals surface area (Å²) < 4.78 is 20.8. The molecule has 9 heteroatoms. The van der Waals surface area contributed by atoms with Gasteiger partial charge < -0.3 is 40.0 Å². The Morgan fingerprint density at radius 1 is 1.50 bits per heavy atom. The van der Waals surface area contributed by atoms with Crippen LogP contribution < -0.4 is 10.8 Å². The molecule has 6 atom stereocenters. The molecule has 0 unspecified atom stereocenters. The van der Waals surface area contributed by atoms with Crippen molar-refractivity contribution in [2.75, 3.05) is 26.4 Å². The van der Waals surface area contributed by atoms with E-state index < -0.39 is 49.4 Å². The lowest BCUT2D eigenvalue weighted by Crippen LogP contribution is -2.60. The quantitative estimate of drug-likeness (QED) is 0.381. The first-order valence-corrected chi connectivity index (χ1v) is 7.18. The molecule has 0 aromatic rings. The lowest BCUT2D eigenvalue weighted by atomic mass is 10.0. The first-order valence-electron chi connectivity index (χ1n) is 7.18. The van der Waals surface area contributed by atoms with Gasteiger partial charge in [0.1, 0.15) is 12.2 Å². The van der Waals surface area contributed by atoms with Gasteiger partial charge in [0.25, 0.3) is 0 Å². The van der Waals surface area contributed by atoms with Gasteiger partial charge >= 0.3 is 0 Å². The summed E-state index contributed by atoms with van der Waals surface area (Å²) in [6.45, 7) is 2.79. The molecule has 1 fully saturated rings. The topological polar surface area (TPSA) is 144 Å². The van der Waals surface area contributed by atoms with Crippen molar-refractivity contribution >= 4 is 5.78 Å². The number of aliphatic hydroxyl groups excluding tert-OH is 2. The normalized spacial score (nSPS) is 32.0. The fourth-order valence-electron chi connectivity index (χ4n) is 1.99. The van der Waals surface area contributed by atoms with Crippen LogP contribution in [0.5, 0.6) is 0 Å². The van der Waals surface area contributed by atoms with Crippen LogP contribution >= 0.6 is 0 Å². The Hall–Kier alpha value is -0.650. The molecule has 0 spiro atoms. The molecule has 0 radical (unpaired) electrons. The molecule has 4 N–H and O–H groups in total. The molecule has 1 saturated heterocycles. The summed E-state index contributed by atoms with van der Waals surface area (Å²) in [5.41, 5.74) is 5.29. The molecular weight excluding hydrogens is 298 g/mol. The zero-order valence-corrected chi connectivity index (χ0v) is 12.7. The van der Waals surface area contributed by atoms with E-state index in [4.69, 9.17) is 24.7 Å². The monoisotopic (exact) mass is 322 g/mol. The molecule has 0 aromatic carbocycles. The Bertz CT molecular complexity index is 340.